The number of benzene rings is 2. The Balaban J connectivity index is 2.01. The highest BCUT2D eigenvalue weighted by atomic mass is 32.2. The van der Waals surface area contributed by atoms with Gasteiger partial charge < -0.3 is 20.1 Å². The maximum atomic E-state index is 11.7. The molecule has 0 radical (unpaired) electrons. The third-order valence-corrected chi connectivity index (χ3v) is 7.89. The Hall–Kier alpha value is -1.87. The van der Waals surface area contributed by atoms with Crippen molar-refractivity contribution in [1.29, 1.82) is 0 Å². The van der Waals surface area contributed by atoms with Crippen molar-refractivity contribution in [3.05, 3.63) is 42.5 Å². The molecule has 1 heterocycles. The number of nitrogens with zero attached hydrogens (tertiary/aromatic N) is 1. The molecule has 0 aliphatic carbocycles. The zero-order chi connectivity index (χ0) is 23.8. The molecule has 33 heavy (non-hydrogen) atoms. The molecule has 0 spiro atoms. The summed E-state index contributed by atoms with van der Waals surface area (Å²) in [4.78, 5) is 16.2. The van der Waals surface area contributed by atoms with E-state index < -0.39 is 12.0 Å². The van der Waals surface area contributed by atoms with Gasteiger partial charge in [-0.05, 0) is 55.3 Å². The van der Waals surface area contributed by atoms with Crippen molar-refractivity contribution in [2.24, 2.45) is 5.73 Å². The molecule has 3 rings (SSSR count). The lowest BCUT2D eigenvalue weighted by Crippen LogP contribution is -2.48. The normalized spacial score (nSPS) is 18.9. The second-order valence-electron chi connectivity index (χ2n) is 8.27. The number of nitrogens with two attached hydrogens (primary N) is 1. The first-order valence-electron chi connectivity index (χ1n) is 11.4. The number of nitrogens with one attached hydrogen (secondary N) is 1. The SMILES string of the molecule is CCCCC1(CC)CN(c2ccccc2)c2cc(SC)c(OCC(N)C(=O)OC)cc2SN1. The predicted molar refractivity (Wildman–Crippen MR) is 139 cm³/mol. The number of carbonyl (C=O) groups excluding carboxylic acids is 1. The molecule has 1 aliphatic rings. The smallest absolute Gasteiger partial charge is 0.326 e. The topological polar surface area (TPSA) is 76.8 Å². The Morgan fingerprint density at radius 3 is 2.70 bits per heavy atom. The Morgan fingerprint density at radius 2 is 2.06 bits per heavy atom. The van der Waals surface area contributed by atoms with Gasteiger partial charge in [0, 0.05) is 17.8 Å². The van der Waals surface area contributed by atoms with Crippen LogP contribution in [-0.2, 0) is 9.53 Å². The molecule has 180 valence electrons. The van der Waals surface area contributed by atoms with Crippen molar-refractivity contribution in [2.45, 2.75) is 60.9 Å². The van der Waals surface area contributed by atoms with Crippen molar-refractivity contribution in [1.82, 2.24) is 4.72 Å². The molecule has 0 bridgehead atoms. The molecular formula is C25H35N3O3S2. The van der Waals surface area contributed by atoms with Crippen LogP contribution in [0.3, 0.4) is 0 Å². The number of unbranched alkanes of at least 4 members (excludes halogenated alkanes) is 1. The molecule has 0 amide bonds. The summed E-state index contributed by atoms with van der Waals surface area (Å²) in [6.45, 7) is 5.45. The van der Waals surface area contributed by atoms with Crippen LogP contribution in [0.1, 0.15) is 39.5 Å². The lowest BCUT2D eigenvalue weighted by molar-refractivity contribution is -0.142. The third-order valence-electron chi connectivity index (χ3n) is 6.05. The quantitative estimate of drug-likeness (QED) is 0.262. The van der Waals surface area contributed by atoms with E-state index in [1.165, 1.54) is 25.6 Å². The summed E-state index contributed by atoms with van der Waals surface area (Å²) in [6.07, 6.45) is 6.51. The molecule has 8 heteroatoms. The molecule has 0 aromatic heterocycles. The van der Waals surface area contributed by atoms with Gasteiger partial charge in [0.15, 0.2) is 0 Å². The van der Waals surface area contributed by atoms with E-state index in [1.54, 1.807) is 23.7 Å². The fourth-order valence-corrected chi connectivity index (χ4v) is 5.55. The van der Waals surface area contributed by atoms with E-state index in [1.807, 2.05) is 12.3 Å². The molecule has 2 aromatic carbocycles. The Bertz CT molecular complexity index is 929. The van der Waals surface area contributed by atoms with Crippen LogP contribution in [0.15, 0.2) is 52.3 Å². The van der Waals surface area contributed by atoms with Gasteiger partial charge in [0.05, 0.1) is 22.6 Å². The Labute approximate surface area is 206 Å². The number of methoxy groups -OCH3 is 1. The molecule has 6 nitrogen and oxygen atoms in total. The minimum Gasteiger partial charge on any atom is -0.490 e. The van der Waals surface area contributed by atoms with Crippen molar-refractivity contribution >= 4 is 41.1 Å². The molecule has 0 saturated carbocycles. The largest absolute Gasteiger partial charge is 0.490 e. The number of fused-ring (bicyclic) bond motifs is 1. The van der Waals surface area contributed by atoms with E-state index >= 15 is 0 Å². The number of para-hydroxylation sites is 1. The molecule has 3 N–H and O–H groups in total. The minimum absolute atomic E-state index is 0.0106. The molecule has 2 aromatic rings. The summed E-state index contributed by atoms with van der Waals surface area (Å²) in [5.41, 5.74) is 8.21. The van der Waals surface area contributed by atoms with Gasteiger partial charge in [-0.2, -0.15) is 0 Å². The standard InChI is InChI=1S/C25H35N3O3S2/c1-5-7-13-25(6-2)17-28(18-11-9-8-10-12-18)20-14-23(32-4)21(15-22(20)33-27-25)31-16-19(26)24(29)30-3/h8-12,14-15,19,27H,5-7,13,16-17,26H2,1-4H3. The van der Waals surface area contributed by atoms with Crippen LogP contribution in [0.2, 0.25) is 0 Å². The first kappa shape index (κ1) is 25.7. The van der Waals surface area contributed by atoms with E-state index in [4.69, 9.17) is 15.2 Å². The molecule has 0 saturated heterocycles. The lowest BCUT2D eigenvalue weighted by Gasteiger charge is -2.37. The summed E-state index contributed by atoms with van der Waals surface area (Å²) >= 11 is 3.28. The van der Waals surface area contributed by atoms with Crippen LogP contribution >= 0.6 is 23.7 Å². The minimum atomic E-state index is -0.822. The van der Waals surface area contributed by atoms with Crippen LogP contribution < -0.4 is 20.1 Å². The van der Waals surface area contributed by atoms with Crippen LogP contribution in [0.25, 0.3) is 0 Å². The van der Waals surface area contributed by atoms with Crippen molar-refractivity contribution in [3.8, 4) is 5.75 Å². The van der Waals surface area contributed by atoms with E-state index in [0.717, 1.165) is 40.6 Å². The van der Waals surface area contributed by atoms with Crippen LogP contribution in [0.5, 0.6) is 5.75 Å². The summed E-state index contributed by atoms with van der Waals surface area (Å²) in [7, 11) is 1.33. The maximum absolute atomic E-state index is 11.7. The van der Waals surface area contributed by atoms with Gasteiger partial charge in [0.25, 0.3) is 0 Å². The van der Waals surface area contributed by atoms with Crippen LogP contribution in [0, 0.1) is 0 Å². The second-order valence-corrected chi connectivity index (χ2v) is 9.97. The van der Waals surface area contributed by atoms with Gasteiger partial charge in [-0.1, -0.05) is 44.9 Å². The van der Waals surface area contributed by atoms with Crippen molar-refractivity contribution in [3.63, 3.8) is 0 Å². The fraction of sp³-hybridized carbons (Fsp3) is 0.480. The van der Waals surface area contributed by atoms with Crippen molar-refractivity contribution in [2.75, 3.05) is 31.4 Å². The number of anilines is 2. The molecule has 1 aliphatic heterocycles. The number of esters is 1. The van der Waals surface area contributed by atoms with Gasteiger partial charge in [-0.3, -0.25) is 9.52 Å². The zero-order valence-electron chi connectivity index (χ0n) is 19.9. The van der Waals surface area contributed by atoms with Gasteiger partial charge in [0.2, 0.25) is 0 Å². The average molecular weight is 490 g/mol. The molecule has 0 fully saturated rings. The van der Waals surface area contributed by atoms with Gasteiger partial charge in [-0.15, -0.1) is 11.8 Å². The Morgan fingerprint density at radius 1 is 1.30 bits per heavy atom. The number of ether oxygens (including phenoxy) is 2. The highest BCUT2D eigenvalue weighted by Crippen LogP contribution is 2.45. The Kier molecular flexibility index (Phi) is 9.37. The van der Waals surface area contributed by atoms with Crippen molar-refractivity contribution < 1.29 is 14.3 Å². The number of rotatable bonds is 10. The van der Waals surface area contributed by atoms with Gasteiger partial charge >= 0.3 is 5.97 Å². The maximum Gasteiger partial charge on any atom is 0.326 e. The van der Waals surface area contributed by atoms with Crippen LogP contribution in [-0.4, -0.2) is 44.1 Å². The molecular weight excluding hydrogens is 454 g/mol. The van der Waals surface area contributed by atoms with E-state index in [0.29, 0.717) is 0 Å². The fourth-order valence-electron chi connectivity index (χ4n) is 3.92. The summed E-state index contributed by atoms with van der Waals surface area (Å²) < 4.78 is 14.5. The highest BCUT2D eigenvalue weighted by molar-refractivity contribution is 7.98. The van der Waals surface area contributed by atoms with Gasteiger partial charge in [-0.25, -0.2) is 0 Å². The number of carbonyl (C=O) groups is 1. The summed E-state index contributed by atoms with van der Waals surface area (Å²) in [6, 6.07) is 14.0. The number of hydrogen-bond acceptors (Lipinski definition) is 8. The highest BCUT2D eigenvalue weighted by Gasteiger charge is 2.35. The molecule has 2 unspecified atom stereocenters. The van der Waals surface area contributed by atoms with E-state index in [-0.39, 0.29) is 12.1 Å². The predicted octanol–water partition coefficient (Wildman–Crippen LogP) is 5.38. The summed E-state index contributed by atoms with van der Waals surface area (Å²) in [5, 5.41) is 0. The summed E-state index contributed by atoms with van der Waals surface area (Å²) in [5.74, 6) is 0.242. The van der Waals surface area contributed by atoms with E-state index in [2.05, 4.69) is 59.9 Å². The second kappa shape index (κ2) is 12.0. The first-order chi connectivity index (χ1) is 16.0. The van der Waals surface area contributed by atoms with Crippen LogP contribution in [0.4, 0.5) is 11.4 Å². The first-order valence-corrected chi connectivity index (χ1v) is 13.5. The number of thioether (sulfide) groups is 1. The van der Waals surface area contributed by atoms with Gasteiger partial charge in [0.1, 0.15) is 18.4 Å². The van der Waals surface area contributed by atoms with E-state index in [9.17, 15) is 4.79 Å². The zero-order valence-corrected chi connectivity index (χ0v) is 21.6. The molecule has 2 atom stereocenters. The monoisotopic (exact) mass is 489 g/mol. The average Bonchev–Trinajstić information content (AvgIpc) is 3.02. The number of hydrogen-bond donors (Lipinski definition) is 2. The lowest BCUT2D eigenvalue weighted by atomic mass is 9.89. The third kappa shape index (κ3) is 6.18.